The molecule has 2 heterocycles. The molecule has 2 rings (SSSR count). The van der Waals surface area contributed by atoms with Crippen LogP contribution in [0.15, 0.2) is 9.92 Å². The van der Waals surface area contributed by atoms with Crippen molar-refractivity contribution in [3.05, 3.63) is 5.82 Å². The van der Waals surface area contributed by atoms with Gasteiger partial charge in [0.2, 0.25) is 0 Å². The Morgan fingerprint density at radius 2 is 1.76 bits per heavy atom. The van der Waals surface area contributed by atoms with Crippen molar-refractivity contribution < 1.29 is 21.6 Å². The van der Waals surface area contributed by atoms with Crippen molar-refractivity contribution in [2.75, 3.05) is 31.4 Å². The first kappa shape index (κ1) is 19.6. The summed E-state index contributed by atoms with van der Waals surface area (Å²) in [4.78, 5) is 7.67. The maximum absolute atomic E-state index is 12.4. The zero-order chi connectivity index (χ0) is 19.0. The van der Waals surface area contributed by atoms with E-state index in [-0.39, 0.29) is 36.5 Å². The molecule has 0 unspecified atom stereocenters. The van der Waals surface area contributed by atoms with Crippen LogP contribution in [-0.4, -0.2) is 57.0 Å². The highest BCUT2D eigenvalue weighted by Gasteiger charge is 2.30. The average molecular weight is 391 g/mol. The van der Waals surface area contributed by atoms with Gasteiger partial charge < -0.3 is 20.8 Å². The SMILES string of the molecule is CCOCc1nc2c(N)nc(S(C)(=O)=O)c(S(C)(=O)=O)c2n1CCN. The standard InChI is InChI=1S/C13H21N5O5S2/c1-4-23-7-8-16-9-10(18(8)6-5-14)11(24(2,19)20)13(17-12(9)15)25(3,21)22/h4-7,14H2,1-3H3,(H2,15,17). The van der Waals surface area contributed by atoms with E-state index in [4.69, 9.17) is 16.2 Å². The molecule has 0 radical (unpaired) electrons. The Morgan fingerprint density at radius 3 is 2.24 bits per heavy atom. The van der Waals surface area contributed by atoms with Gasteiger partial charge in [0.25, 0.3) is 0 Å². The summed E-state index contributed by atoms with van der Waals surface area (Å²) in [6.45, 7) is 2.73. The molecule has 0 atom stereocenters. The Morgan fingerprint density at radius 1 is 1.12 bits per heavy atom. The molecule has 0 aliphatic rings. The monoisotopic (exact) mass is 391 g/mol. The number of nitrogen functional groups attached to an aromatic ring is 1. The third kappa shape index (κ3) is 3.76. The maximum Gasteiger partial charge on any atom is 0.194 e. The van der Waals surface area contributed by atoms with E-state index < -0.39 is 29.6 Å². The maximum atomic E-state index is 12.4. The van der Waals surface area contributed by atoms with E-state index in [0.717, 1.165) is 12.5 Å². The molecule has 0 aliphatic carbocycles. The normalized spacial score (nSPS) is 12.8. The Labute approximate surface area is 146 Å². The number of anilines is 1. The fraction of sp³-hybridized carbons (Fsp3) is 0.538. The number of nitrogens with two attached hydrogens (primary N) is 2. The summed E-state index contributed by atoms with van der Waals surface area (Å²) in [6.07, 6.45) is 1.79. The zero-order valence-electron chi connectivity index (χ0n) is 14.2. The number of nitrogens with zero attached hydrogens (tertiary/aromatic N) is 3. The number of hydrogen-bond donors (Lipinski definition) is 2. The molecule has 25 heavy (non-hydrogen) atoms. The molecule has 2 aromatic rings. The molecule has 0 amide bonds. The molecule has 4 N–H and O–H groups in total. The zero-order valence-corrected chi connectivity index (χ0v) is 15.8. The number of aromatic nitrogens is 3. The minimum atomic E-state index is -3.95. The van der Waals surface area contributed by atoms with Crippen LogP contribution in [0.4, 0.5) is 5.82 Å². The molecule has 0 aliphatic heterocycles. The number of hydrogen-bond acceptors (Lipinski definition) is 9. The second-order valence-corrected chi connectivity index (χ2v) is 9.36. The Hall–Kier alpha value is -1.76. The van der Waals surface area contributed by atoms with Gasteiger partial charge in [0.1, 0.15) is 22.8 Å². The Bertz CT molecular complexity index is 1010. The summed E-state index contributed by atoms with van der Waals surface area (Å²) in [5, 5.41) is -0.596. The molecule has 10 nitrogen and oxygen atoms in total. The summed E-state index contributed by atoms with van der Waals surface area (Å²) in [5.74, 6) is 0.225. The van der Waals surface area contributed by atoms with E-state index in [1.54, 1.807) is 6.92 Å². The summed E-state index contributed by atoms with van der Waals surface area (Å²) in [7, 11) is -7.89. The molecule has 0 saturated carbocycles. The molecule has 0 fully saturated rings. The van der Waals surface area contributed by atoms with Crippen LogP contribution < -0.4 is 11.5 Å². The number of ether oxygens (including phenoxy) is 1. The molecule has 140 valence electrons. The highest BCUT2D eigenvalue weighted by Crippen LogP contribution is 2.32. The van der Waals surface area contributed by atoms with Gasteiger partial charge in [-0.05, 0) is 6.92 Å². The van der Waals surface area contributed by atoms with Gasteiger partial charge in [0.15, 0.2) is 30.5 Å². The summed E-state index contributed by atoms with van der Waals surface area (Å²) in [5.41, 5.74) is 11.7. The van der Waals surface area contributed by atoms with E-state index in [1.807, 2.05) is 0 Å². The highest BCUT2D eigenvalue weighted by molar-refractivity contribution is 7.93. The molecule has 0 bridgehead atoms. The van der Waals surface area contributed by atoms with Crippen molar-refractivity contribution in [3.8, 4) is 0 Å². The first-order valence-corrected chi connectivity index (χ1v) is 11.2. The van der Waals surface area contributed by atoms with Crippen LogP contribution >= 0.6 is 0 Å². The van der Waals surface area contributed by atoms with Crippen molar-refractivity contribution >= 4 is 36.5 Å². The summed E-state index contributed by atoms with van der Waals surface area (Å²) in [6, 6.07) is 0. The van der Waals surface area contributed by atoms with E-state index in [9.17, 15) is 16.8 Å². The van der Waals surface area contributed by atoms with Gasteiger partial charge >= 0.3 is 0 Å². The second-order valence-electron chi connectivity index (χ2n) is 5.48. The minimum absolute atomic E-state index is 0.0792. The molecule has 0 spiro atoms. The molecule has 0 aromatic carbocycles. The van der Waals surface area contributed by atoms with E-state index >= 15 is 0 Å². The number of imidazole rings is 1. The van der Waals surface area contributed by atoms with Crippen LogP contribution in [0.25, 0.3) is 11.0 Å². The molecule has 2 aromatic heterocycles. The van der Waals surface area contributed by atoms with Gasteiger partial charge in [0.05, 0.1) is 5.52 Å². The third-order valence-corrected chi connectivity index (χ3v) is 5.69. The van der Waals surface area contributed by atoms with Crippen LogP contribution in [0.2, 0.25) is 0 Å². The number of sulfone groups is 2. The molecular weight excluding hydrogens is 370 g/mol. The topological polar surface area (TPSA) is 160 Å². The number of pyridine rings is 1. The Kier molecular flexibility index (Phi) is 5.37. The van der Waals surface area contributed by atoms with Crippen LogP contribution in [0, 0.1) is 0 Å². The smallest absolute Gasteiger partial charge is 0.194 e. The van der Waals surface area contributed by atoms with Gasteiger partial charge in [-0.2, -0.15) is 0 Å². The largest absolute Gasteiger partial charge is 0.382 e. The van der Waals surface area contributed by atoms with Crippen molar-refractivity contribution in [3.63, 3.8) is 0 Å². The fourth-order valence-corrected chi connectivity index (χ4v) is 5.01. The predicted molar refractivity (Wildman–Crippen MR) is 92.5 cm³/mol. The van der Waals surface area contributed by atoms with Crippen LogP contribution in [0.1, 0.15) is 12.7 Å². The van der Waals surface area contributed by atoms with E-state index in [0.29, 0.717) is 12.4 Å². The minimum Gasteiger partial charge on any atom is -0.382 e. The fourth-order valence-electron chi connectivity index (χ4n) is 2.48. The van der Waals surface area contributed by atoms with Gasteiger partial charge in [0, 0.05) is 32.2 Å². The highest BCUT2D eigenvalue weighted by atomic mass is 32.2. The van der Waals surface area contributed by atoms with Crippen molar-refractivity contribution in [1.82, 2.24) is 14.5 Å². The first-order valence-electron chi connectivity index (χ1n) is 7.38. The van der Waals surface area contributed by atoms with Gasteiger partial charge in [-0.1, -0.05) is 0 Å². The lowest BCUT2D eigenvalue weighted by Gasteiger charge is -2.12. The second kappa shape index (κ2) is 6.86. The van der Waals surface area contributed by atoms with Crippen molar-refractivity contribution in [1.29, 1.82) is 0 Å². The molecular formula is C13H21N5O5S2. The number of rotatable bonds is 7. The van der Waals surface area contributed by atoms with E-state index in [2.05, 4.69) is 9.97 Å². The lowest BCUT2D eigenvalue weighted by molar-refractivity contribution is 0.126. The van der Waals surface area contributed by atoms with Crippen molar-refractivity contribution in [2.24, 2.45) is 5.73 Å². The number of fused-ring (bicyclic) bond motifs is 1. The average Bonchev–Trinajstić information content (AvgIpc) is 2.82. The summed E-state index contributed by atoms with van der Waals surface area (Å²) < 4.78 is 55.7. The quantitative estimate of drug-likeness (QED) is 0.622. The third-order valence-electron chi connectivity index (χ3n) is 3.43. The van der Waals surface area contributed by atoms with Gasteiger partial charge in [-0.15, -0.1) is 0 Å². The van der Waals surface area contributed by atoms with Crippen LogP contribution in [-0.2, 0) is 37.6 Å². The van der Waals surface area contributed by atoms with Crippen molar-refractivity contribution in [2.45, 2.75) is 30.0 Å². The Balaban J connectivity index is 3.04. The predicted octanol–water partition coefficient (Wildman–Crippen LogP) is -0.684. The van der Waals surface area contributed by atoms with Gasteiger partial charge in [-0.3, -0.25) is 0 Å². The summed E-state index contributed by atoms with van der Waals surface area (Å²) >= 11 is 0. The van der Waals surface area contributed by atoms with E-state index in [1.165, 1.54) is 4.57 Å². The first-order chi connectivity index (χ1) is 11.5. The lowest BCUT2D eigenvalue weighted by atomic mass is 10.3. The molecule has 0 saturated heterocycles. The van der Waals surface area contributed by atoms with Gasteiger partial charge in [-0.25, -0.2) is 26.8 Å². The molecule has 12 heteroatoms. The lowest BCUT2D eigenvalue weighted by Crippen LogP contribution is -2.17. The van der Waals surface area contributed by atoms with Crippen LogP contribution in [0.5, 0.6) is 0 Å². The van der Waals surface area contributed by atoms with Crippen LogP contribution in [0.3, 0.4) is 0 Å².